The molecule has 1 aliphatic rings. The van der Waals surface area contributed by atoms with Gasteiger partial charge in [-0.25, -0.2) is 4.68 Å². The van der Waals surface area contributed by atoms with Crippen molar-refractivity contribution in [3.8, 4) is 22.9 Å². The number of hydrogen-bond donors (Lipinski definition) is 1. The molecule has 0 aliphatic carbocycles. The van der Waals surface area contributed by atoms with Crippen LogP contribution in [0.4, 0.5) is 5.69 Å². The molecule has 0 saturated carbocycles. The number of nitrogens with one attached hydrogen (secondary N) is 1. The van der Waals surface area contributed by atoms with Gasteiger partial charge in [-0.15, -0.1) is 10.2 Å². The second-order valence-electron chi connectivity index (χ2n) is 6.59. The molecular formula is C21H16ClN5O3S. The highest BCUT2D eigenvalue weighted by Crippen LogP contribution is 2.34. The smallest absolute Gasteiger partial charge is 0.234 e. The highest BCUT2D eigenvalue weighted by molar-refractivity contribution is 7.99. The molecule has 0 saturated heterocycles. The maximum absolute atomic E-state index is 12.5. The first-order chi connectivity index (χ1) is 15.2. The average molecular weight is 454 g/mol. The number of nitrogens with zero attached hydrogens (tertiary/aromatic N) is 4. The molecule has 2 aromatic carbocycles. The van der Waals surface area contributed by atoms with Gasteiger partial charge in [0.05, 0.1) is 5.75 Å². The molecule has 10 heteroatoms. The van der Waals surface area contributed by atoms with Crippen LogP contribution in [0.2, 0.25) is 5.02 Å². The number of ether oxygens (including phenoxy) is 2. The van der Waals surface area contributed by atoms with Gasteiger partial charge in [0, 0.05) is 34.7 Å². The Morgan fingerprint density at radius 3 is 2.65 bits per heavy atom. The summed E-state index contributed by atoms with van der Waals surface area (Å²) in [6, 6.07) is 16.5. The Labute approximate surface area is 186 Å². The van der Waals surface area contributed by atoms with Gasteiger partial charge in [-0.1, -0.05) is 23.4 Å². The van der Waals surface area contributed by atoms with Gasteiger partial charge in [0.15, 0.2) is 17.3 Å². The molecule has 0 bridgehead atoms. The zero-order valence-electron chi connectivity index (χ0n) is 16.1. The molecule has 5 rings (SSSR count). The van der Waals surface area contributed by atoms with Crippen molar-refractivity contribution in [3.63, 3.8) is 0 Å². The van der Waals surface area contributed by atoms with Gasteiger partial charge in [-0.2, -0.15) is 0 Å². The van der Waals surface area contributed by atoms with Gasteiger partial charge >= 0.3 is 0 Å². The van der Waals surface area contributed by atoms with E-state index in [2.05, 4.69) is 15.5 Å². The summed E-state index contributed by atoms with van der Waals surface area (Å²) >= 11 is 7.31. The number of carbonyl (C=O) groups excluding carboxylic acids is 1. The van der Waals surface area contributed by atoms with Crippen LogP contribution in [0.1, 0.15) is 0 Å². The summed E-state index contributed by atoms with van der Waals surface area (Å²) in [6.45, 7) is 0.188. The summed E-state index contributed by atoms with van der Waals surface area (Å²) in [6.07, 6.45) is 3.78. The highest BCUT2D eigenvalue weighted by Gasteiger charge is 2.18. The molecule has 1 amide bonds. The monoisotopic (exact) mass is 453 g/mol. The molecule has 1 N–H and O–H groups in total. The molecule has 0 unspecified atom stereocenters. The van der Waals surface area contributed by atoms with Crippen LogP contribution in [-0.2, 0) is 4.79 Å². The maximum Gasteiger partial charge on any atom is 0.234 e. The number of benzene rings is 2. The molecule has 0 fully saturated rings. The summed E-state index contributed by atoms with van der Waals surface area (Å²) in [4.78, 5) is 12.5. The molecule has 4 aromatic rings. The summed E-state index contributed by atoms with van der Waals surface area (Å²) in [5.74, 6) is 1.92. The standard InChI is InChI=1S/C21H16ClN5O3S/c22-15-5-3-14(4-6-15)20-24-25-21(27(20)26-9-1-2-10-26)31-12-19(28)23-16-7-8-17-18(11-16)30-13-29-17/h1-11H,12-13H2,(H,23,28). The number of halogens is 1. The van der Waals surface area contributed by atoms with Gasteiger partial charge in [0.1, 0.15) is 0 Å². The number of anilines is 1. The zero-order chi connectivity index (χ0) is 21.2. The van der Waals surface area contributed by atoms with E-state index in [1.165, 1.54) is 11.8 Å². The Balaban J connectivity index is 1.34. The van der Waals surface area contributed by atoms with Crippen LogP contribution >= 0.6 is 23.4 Å². The minimum atomic E-state index is -0.168. The number of thioether (sulfide) groups is 1. The first-order valence-corrected chi connectivity index (χ1v) is 10.7. The Bertz CT molecular complexity index is 1220. The lowest BCUT2D eigenvalue weighted by Gasteiger charge is -2.11. The summed E-state index contributed by atoms with van der Waals surface area (Å²) in [5, 5.41) is 12.7. The molecule has 31 heavy (non-hydrogen) atoms. The highest BCUT2D eigenvalue weighted by atomic mass is 35.5. The third-order valence-corrected chi connectivity index (χ3v) is 5.69. The van der Waals surface area contributed by atoms with Crippen LogP contribution in [0.25, 0.3) is 11.4 Å². The lowest BCUT2D eigenvalue weighted by atomic mass is 10.2. The normalized spacial score (nSPS) is 12.2. The van der Waals surface area contributed by atoms with E-state index >= 15 is 0 Å². The summed E-state index contributed by atoms with van der Waals surface area (Å²) in [7, 11) is 0. The first-order valence-electron chi connectivity index (χ1n) is 9.35. The molecule has 156 valence electrons. The van der Waals surface area contributed by atoms with E-state index in [1.807, 2.05) is 46.0 Å². The lowest BCUT2D eigenvalue weighted by Crippen LogP contribution is -2.15. The van der Waals surface area contributed by atoms with Gasteiger partial charge in [-0.05, 0) is 48.5 Å². The van der Waals surface area contributed by atoms with Crippen LogP contribution in [0.5, 0.6) is 11.5 Å². The SMILES string of the molecule is O=C(CSc1nnc(-c2ccc(Cl)cc2)n1-n1cccc1)Nc1ccc2c(c1)OCO2. The van der Waals surface area contributed by atoms with Crippen LogP contribution in [0.3, 0.4) is 0 Å². The van der Waals surface area contributed by atoms with Crippen molar-refractivity contribution < 1.29 is 14.3 Å². The minimum Gasteiger partial charge on any atom is -0.454 e. The largest absolute Gasteiger partial charge is 0.454 e. The van der Waals surface area contributed by atoms with Crippen molar-refractivity contribution in [1.29, 1.82) is 0 Å². The second kappa shape index (κ2) is 8.37. The van der Waals surface area contributed by atoms with Crippen LogP contribution in [-0.4, -0.2) is 38.0 Å². The van der Waals surface area contributed by atoms with E-state index in [4.69, 9.17) is 21.1 Å². The van der Waals surface area contributed by atoms with Crippen LogP contribution in [0.15, 0.2) is 72.1 Å². The number of fused-ring (bicyclic) bond motifs is 1. The third kappa shape index (κ3) is 4.10. The molecular weight excluding hydrogens is 438 g/mol. The van der Waals surface area contributed by atoms with Gasteiger partial charge in [0.25, 0.3) is 0 Å². The Morgan fingerprint density at radius 2 is 1.84 bits per heavy atom. The molecule has 0 spiro atoms. The van der Waals surface area contributed by atoms with E-state index in [0.717, 1.165) is 5.56 Å². The zero-order valence-corrected chi connectivity index (χ0v) is 17.6. The third-order valence-electron chi connectivity index (χ3n) is 4.52. The van der Waals surface area contributed by atoms with E-state index in [9.17, 15) is 4.79 Å². The van der Waals surface area contributed by atoms with Crippen molar-refractivity contribution in [1.82, 2.24) is 19.5 Å². The van der Waals surface area contributed by atoms with Gasteiger partial charge < -0.3 is 14.8 Å². The fourth-order valence-corrected chi connectivity index (χ4v) is 3.96. The van der Waals surface area contributed by atoms with Gasteiger partial charge in [0.2, 0.25) is 17.9 Å². The Hall–Kier alpha value is -3.43. The quantitative estimate of drug-likeness (QED) is 0.441. The minimum absolute atomic E-state index is 0.161. The number of carbonyl (C=O) groups is 1. The van der Waals surface area contributed by atoms with E-state index in [1.54, 1.807) is 30.3 Å². The second-order valence-corrected chi connectivity index (χ2v) is 7.97. The summed E-state index contributed by atoms with van der Waals surface area (Å²) < 4.78 is 14.4. The van der Waals surface area contributed by atoms with E-state index in [0.29, 0.717) is 33.2 Å². The number of aromatic nitrogens is 4. The molecule has 8 nitrogen and oxygen atoms in total. The van der Waals surface area contributed by atoms with Gasteiger partial charge in [-0.3, -0.25) is 9.47 Å². The average Bonchev–Trinajstić information content (AvgIpc) is 3.52. The molecule has 1 aliphatic heterocycles. The molecule has 0 radical (unpaired) electrons. The summed E-state index contributed by atoms with van der Waals surface area (Å²) in [5.41, 5.74) is 1.51. The molecule has 2 aromatic heterocycles. The van der Waals surface area contributed by atoms with Crippen LogP contribution < -0.4 is 14.8 Å². The van der Waals surface area contributed by atoms with Crippen molar-refractivity contribution >= 4 is 35.0 Å². The van der Waals surface area contributed by atoms with Crippen molar-refractivity contribution in [2.45, 2.75) is 5.16 Å². The predicted octanol–water partition coefficient (Wildman–Crippen LogP) is 4.17. The number of hydrogen-bond acceptors (Lipinski definition) is 6. The van der Waals surface area contributed by atoms with Crippen molar-refractivity contribution in [3.05, 3.63) is 72.0 Å². The molecule has 3 heterocycles. The lowest BCUT2D eigenvalue weighted by molar-refractivity contribution is -0.113. The molecule has 0 atom stereocenters. The predicted molar refractivity (Wildman–Crippen MR) is 118 cm³/mol. The van der Waals surface area contributed by atoms with Crippen LogP contribution in [0, 0.1) is 0 Å². The Morgan fingerprint density at radius 1 is 1.06 bits per heavy atom. The number of amides is 1. The topological polar surface area (TPSA) is 83.2 Å². The fourth-order valence-electron chi connectivity index (χ4n) is 3.10. The van der Waals surface area contributed by atoms with Crippen molar-refractivity contribution in [2.24, 2.45) is 0 Å². The van der Waals surface area contributed by atoms with E-state index in [-0.39, 0.29) is 18.5 Å². The number of rotatable bonds is 6. The Kier molecular flexibility index (Phi) is 5.27. The fraction of sp³-hybridized carbons (Fsp3) is 0.0952. The van der Waals surface area contributed by atoms with Crippen molar-refractivity contribution in [2.75, 3.05) is 17.9 Å². The maximum atomic E-state index is 12.5. The van der Waals surface area contributed by atoms with E-state index < -0.39 is 0 Å². The first kappa shape index (κ1) is 19.5.